The number of hydrogen-bond donors (Lipinski definition) is 2. The van der Waals surface area contributed by atoms with Crippen LogP contribution in [0.5, 0.6) is 5.75 Å². The summed E-state index contributed by atoms with van der Waals surface area (Å²) in [6.07, 6.45) is 2.41. The molecule has 3 aromatic carbocycles. The van der Waals surface area contributed by atoms with Crippen LogP contribution in [0.1, 0.15) is 29.5 Å². The van der Waals surface area contributed by atoms with Crippen LogP contribution in [0.2, 0.25) is 0 Å². The van der Waals surface area contributed by atoms with E-state index in [0.717, 1.165) is 37.1 Å². The number of primary amides is 1. The zero-order chi connectivity index (χ0) is 21.4. The number of phenolic OH excluding ortho intramolecular Hbond substituents is 1. The van der Waals surface area contributed by atoms with Crippen LogP contribution in [0.3, 0.4) is 0 Å². The van der Waals surface area contributed by atoms with Crippen LogP contribution in [0.25, 0.3) is 0 Å². The third-order valence-electron chi connectivity index (χ3n) is 5.76. The highest BCUT2D eigenvalue weighted by Crippen LogP contribution is 2.36. The molecule has 0 saturated carbocycles. The van der Waals surface area contributed by atoms with E-state index in [1.165, 1.54) is 5.56 Å². The monoisotopic (exact) mass is 402 g/mol. The standard InChI is InChI=1S/C26H30N2O2/c1-28(20-17-21-13-15-24(29)16-14-21)19-8-18-26(25(27)30,22-9-4-2-5-10-22)23-11-6-3-7-12-23/h2-7,9-16,29H,8,17-20H2,1H3,(H2,27,30). The Balaban J connectivity index is 1.69. The number of phenols is 1. The van der Waals surface area contributed by atoms with E-state index in [4.69, 9.17) is 5.73 Å². The van der Waals surface area contributed by atoms with Crippen molar-refractivity contribution in [2.24, 2.45) is 5.73 Å². The molecule has 0 saturated heterocycles. The summed E-state index contributed by atoms with van der Waals surface area (Å²) in [5.41, 5.74) is 8.27. The first kappa shape index (κ1) is 21.6. The number of aromatic hydroxyl groups is 1. The fraction of sp³-hybridized carbons (Fsp3) is 0.269. The zero-order valence-electron chi connectivity index (χ0n) is 17.5. The molecule has 0 unspecified atom stereocenters. The molecule has 1 amide bonds. The number of benzene rings is 3. The highest BCUT2D eigenvalue weighted by molar-refractivity contribution is 5.90. The summed E-state index contributed by atoms with van der Waals surface area (Å²) in [7, 11) is 2.09. The molecule has 3 aromatic rings. The molecular formula is C26H30N2O2. The molecular weight excluding hydrogens is 372 g/mol. The summed E-state index contributed by atoms with van der Waals surface area (Å²) >= 11 is 0. The maximum atomic E-state index is 12.8. The van der Waals surface area contributed by atoms with E-state index in [1.54, 1.807) is 12.1 Å². The number of likely N-dealkylation sites (N-methyl/N-ethyl adjacent to an activating group) is 1. The predicted octanol–water partition coefficient (Wildman–Crippen LogP) is 4.12. The maximum Gasteiger partial charge on any atom is 0.232 e. The van der Waals surface area contributed by atoms with E-state index in [0.29, 0.717) is 6.42 Å². The number of amides is 1. The summed E-state index contributed by atoms with van der Waals surface area (Å²) in [6.45, 7) is 1.78. The molecule has 30 heavy (non-hydrogen) atoms. The predicted molar refractivity (Wildman–Crippen MR) is 121 cm³/mol. The molecule has 0 atom stereocenters. The molecule has 0 aliphatic heterocycles. The molecule has 4 heteroatoms. The third-order valence-corrected chi connectivity index (χ3v) is 5.76. The molecule has 0 aliphatic carbocycles. The molecule has 4 nitrogen and oxygen atoms in total. The first-order valence-corrected chi connectivity index (χ1v) is 10.4. The van der Waals surface area contributed by atoms with Gasteiger partial charge in [0.15, 0.2) is 0 Å². The SMILES string of the molecule is CN(CCCC(C(N)=O)(c1ccccc1)c1ccccc1)CCc1ccc(O)cc1. The van der Waals surface area contributed by atoms with Gasteiger partial charge in [0.25, 0.3) is 0 Å². The minimum absolute atomic E-state index is 0.289. The fourth-order valence-corrected chi connectivity index (χ4v) is 4.02. The van der Waals surface area contributed by atoms with Crippen molar-refractivity contribution in [2.45, 2.75) is 24.7 Å². The van der Waals surface area contributed by atoms with E-state index in [9.17, 15) is 9.90 Å². The fourth-order valence-electron chi connectivity index (χ4n) is 4.02. The molecule has 0 spiro atoms. The minimum Gasteiger partial charge on any atom is -0.508 e. The van der Waals surface area contributed by atoms with Gasteiger partial charge in [0.1, 0.15) is 5.75 Å². The Bertz CT molecular complexity index is 885. The summed E-state index contributed by atoms with van der Waals surface area (Å²) in [5, 5.41) is 9.41. The summed E-state index contributed by atoms with van der Waals surface area (Å²) < 4.78 is 0. The molecule has 0 fully saturated rings. The minimum atomic E-state index is -0.833. The molecule has 0 radical (unpaired) electrons. The van der Waals surface area contributed by atoms with E-state index in [-0.39, 0.29) is 11.7 Å². The van der Waals surface area contributed by atoms with Gasteiger partial charge < -0.3 is 15.7 Å². The van der Waals surface area contributed by atoms with Gasteiger partial charge in [0, 0.05) is 6.54 Å². The molecule has 3 rings (SSSR count). The first-order valence-electron chi connectivity index (χ1n) is 10.4. The van der Waals surface area contributed by atoms with E-state index in [1.807, 2.05) is 72.8 Å². The lowest BCUT2D eigenvalue weighted by atomic mass is 9.70. The van der Waals surface area contributed by atoms with Gasteiger partial charge in [-0.3, -0.25) is 4.79 Å². The van der Waals surface area contributed by atoms with Gasteiger partial charge >= 0.3 is 0 Å². The lowest BCUT2D eigenvalue weighted by Gasteiger charge is -2.32. The van der Waals surface area contributed by atoms with Crippen molar-refractivity contribution in [3.05, 3.63) is 102 Å². The number of carbonyl (C=O) groups excluding carboxylic acids is 1. The Morgan fingerprint density at radius 1 is 0.867 bits per heavy atom. The van der Waals surface area contributed by atoms with Gasteiger partial charge in [-0.25, -0.2) is 0 Å². The average molecular weight is 403 g/mol. The second-order valence-corrected chi connectivity index (χ2v) is 7.82. The van der Waals surface area contributed by atoms with Crippen molar-refractivity contribution in [3.63, 3.8) is 0 Å². The normalized spacial score (nSPS) is 11.5. The Morgan fingerprint density at radius 2 is 1.40 bits per heavy atom. The molecule has 0 aromatic heterocycles. The topological polar surface area (TPSA) is 66.6 Å². The molecule has 0 aliphatic rings. The van der Waals surface area contributed by atoms with Crippen LogP contribution < -0.4 is 5.73 Å². The number of nitrogens with two attached hydrogens (primary N) is 1. The van der Waals surface area contributed by atoms with E-state index >= 15 is 0 Å². The number of hydrogen-bond acceptors (Lipinski definition) is 3. The van der Waals surface area contributed by atoms with E-state index in [2.05, 4.69) is 11.9 Å². The highest BCUT2D eigenvalue weighted by Gasteiger charge is 2.39. The maximum absolute atomic E-state index is 12.8. The summed E-state index contributed by atoms with van der Waals surface area (Å²) in [5.74, 6) is -0.0247. The van der Waals surface area contributed by atoms with Gasteiger partial charge in [-0.1, -0.05) is 72.8 Å². The smallest absolute Gasteiger partial charge is 0.232 e. The van der Waals surface area contributed by atoms with Crippen LogP contribution in [0.15, 0.2) is 84.9 Å². The first-order chi connectivity index (χ1) is 14.5. The zero-order valence-corrected chi connectivity index (χ0v) is 17.5. The Hall–Kier alpha value is -3.11. The van der Waals surface area contributed by atoms with Crippen molar-refractivity contribution >= 4 is 5.91 Å². The second-order valence-electron chi connectivity index (χ2n) is 7.82. The third kappa shape index (κ3) is 5.08. The van der Waals surface area contributed by atoms with Crippen LogP contribution in [0.4, 0.5) is 0 Å². The van der Waals surface area contributed by atoms with Gasteiger partial charge in [-0.2, -0.15) is 0 Å². The van der Waals surface area contributed by atoms with Gasteiger partial charge in [-0.05, 0) is 61.7 Å². The number of carbonyl (C=O) groups is 1. The second kappa shape index (κ2) is 10.1. The summed E-state index contributed by atoms with van der Waals surface area (Å²) in [6, 6.07) is 27.1. The Morgan fingerprint density at radius 3 is 1.90 bits per heavy atom. The average Bonchev–Trinajstić information content (AvgIpc) is 2.77. The molecule has 3 N–H and O–H groups in total. The Kier molecular flexibility index (Phi) is 7.26. The lowest BCUT2D eigenvalue weighted by molar-refractivity contribution is -0.122. The van der Waals surface area contributed by atoms with Crippen LogP contribution in [-0.4, -0.2) is 36.1 Å². The van der Waals surface area contributed by atoms with Crippen LogP contribution in [-0.2, 0) is 16.6 Å². The van der Waals surface area contributed by atoms with Gasteiger partial charge in [0.05, 0.1) is 5.41 Å². The van der Waals surface area contributed by atoms with Crippen molar-refractivity contribution in [3.8, 4) is 5.75 Å². The summed E-state index contributed by atoms with van der Waals surface area (Å²) in [4.78, 5) is 15.1. The van der Waals surface area contributed by atoms with Crippen LogP contribution >= 0.6 is 0 Å². The van der Waals surface area contributed by atoms with Gasteiger partial charge in [0.2, 0.25) is 5.91 Å². The number of rotatable bonds is 10. The van der Waals surface area contributed by atoms with E-state index < -0.39 is 5.41 Å². The lowest BCUT2D eigenvalue weighted by Crippen LogP contribution is -2.43. The van der Waals surface area contributed by atoms with Crippen molar-refractivity contribution in [1.82, 2.24) is 4.90 Å². The van der Waals surface area contributed by atoms with Crippen molar-refractivity contribution in [1.29, 1.82) is 0 Å². The quantitative estimate of drug-likeness (QED) is 0.536. The van der Waals surface area contributed by atoms with Crippen molar-refractivity contribution in [2.75, 3.05) is 20.1 Å². The molecule has 0 heterocycles. The molecule has 0 bridgehead atoms. The van der Waals surface area contributed by atoms with Crippen molar-refractivity contribution < 1.29 is 9.90 Å². The Labute approximate surface area is 179 Å². The van der Waals surface area contributed by atoms with Gasteiger partial charge in [-0.15, -0.1) is 0 Å². The van der Waals surface area contributed by atoms with Crippen LogP contribution in [0, 0.1) is 0 Å². The number of nitrogens with zero attached hydrogens (tertiary/aromatic N) is 1. The largest absolute Gasteiger partial charge is 0.508 e. The molecule has 156 valence electrons. The highest BCUT2D eigenvalue weighted by atomic mass is 16.3.